The summed E-state index contributed by atoms with van der Waals surface area (Å²) in [6.07, 6.45) is 3.36. The van der Waals surface area contributed by atoms with Gasteiger partial charge >= 0.3 is 6.09 Å². The van der Waals surface area contributed by atoms with Gasteiger partial charge in [0.1, 0.15) is 18.4 Å². The lowest BCUT2D eigenvalue weighted by Gasteiger charge is -2.14. The molecule has 2 aromatic rings. The summed E-state index contributed by atoms with van der Waals surface area (Å²) in [5.74, 6) is 0. The van der Waals surface area contributed by atoms with Crippen LogP contribution in [-0.2, 0) is 37.6 Å². The van der Waals surface area contributed by atoms with E-state index < -0.39 is 22.3 Å². The molecular weight excluding hydrogens is 398 g/mol. The zero-order valence-electron chi connectivity index (χ0n) is 15.7. The molecule has 4 rings (SSSR count). The van der Waals surface area contributed by atoms with Crippen molar-refractivity contribution in [1.29, 1.82) is 5.26 Å². The number of aromatic nitrogens is 3. The first-order valence-corrected chi connectivity index (χ1v) is 10.8. The maximum absolute atomic E-state index is 12.3. The lowest BCUT2D eigenvalue weighted by Crippen LogP contribution is -2.26. The molecule has 1 aromatic heterocycles. The molecule has 2 fully saturated rings. The first-order chi connectivity index (χ1) is 13.8. The predicted molar refractivity (Wildman–Crippen MR) is 100 cm³/mol. The largest absolute Gasteiger partial charge is 0.442 e. The fourth-order valence-corrected chi connectivity index (χ4v) is 3.58. The van der Waals surface area contributed by atoms with Crippen molar-refractivity contribution in [3.8, 4) is 6.07 Å². The van der Waals surface area contributed by atoms with Crippen molar-refractivity contribution in [2.75, 3.05) is 17.7 Å². The van der Waals surface area contributed by atoms with Gasteiger partial charge in [0.2, 0.25) is 0 Å². The molecule has 1 saturated carbocycles. The topological polar surface area (TPSA) is 127 Å². The zero-order valence-corrected chi connectivity index (χ0v) is 16.5. The highest BCUT2D eigenvalue weighted by molar-refractivity contribution is 7.85. The van der Waals surface area contributed by atoms with Crippen molar-refractivity contribution >= 4 is 21.9 Å². The Kier molecular flexibility index (Phi) is 4.76. The van der Waals surface area contributed by atoms with Gasteiger partial charge < -0.3 is 4.74 Å². The van der Waals surface area contributed by atoms with Gasteiger partial charge in [-0.25, -0.2) is 9.48 Å². The number of nitriles is 1. The van der Waals surface area contributed by atoms with E-state index in [-0.39, 0.29) is 18.6 Å². The maximum atomic E-state index is 12.3. The van der Waals surface area contributed by atoms with E-state index in [4.69, 9.17) is 4.74 Å². The molecule has 2 heterocycles. The van der Waals surface area contributed by atoms with Crippen LogP contribution in [0.3, 0.4) is 0 Å². The molecule has 0 N–H and O–H groups in total. The van der Waals surface area contributed by atoms with Crippen molar-refractivity contribution in [2.45, 2.75) is 37.5 Å². The number of amides is 1. The Labute approximate surface area is 167 Å². The Morgan fingerprint density at radius 2 is 2.07 bits per heavy atom. The van der Waals surface area contributed by atoms with Crippen LogP contribution >= 0.6 is 0 Å². The van der Waals surface area contributed by atoms with Gasteiger partial charge in [-0.15, -0.1) is 5.10 Å². The molecule has 1 aromatic carbocycles. The Balaban J connectivity index is 1.37. The van der Waals surface area contributed by atoms with Crippen LogP contribution in [0.4, 0.5) is 10.5 Å². The summed E-state index contributed by atoms with van der Waals surface area (Å²) in [4.78, 5) is 13.8. The fraction of sp³-hybridized carbons (Fsp3) is 0.444. The maximum Gasteiger partial charge on any atom is 0.414 e. The molecule has 1 saturated heterocycles. The number of hydrogen-bond acceptors (Lipinski definition) is 8. The second kappa shape index (κ2) is 7.13. The van der Waals surface area contributed by atoms with Crippen LogP contribution < -0.4 is 4.90 Å². The van der Waals surface area contributed by atoms with E-state index in [0.717, 1.165) is 24.7 Å². The molecule has 0 bridgehead atoms. The van der Waals surface area contributed by atoms with Gasteiger partial charge in [0.05, 0.1) is 37.0 Å². The van der Waals surface area contributed by atoms with Crippen molar-refractivity contribution in [3.05, 3.63) is 41.7 Å². The minimum atomic E-state index is -3.56. The summed E-state index contributed by atoms with van der Waals surface area (Å²) in [6.45, 7) is 0.423. The van der Waals surface area contributed by atoms with Crippen LogP contribution in [0.25, 0.3) is 0 Å². The van der Waals surface area contributed by atoms with Crippen molar-refractivity contribution in [3.63, 3.8) is 0 Å². The van der Waals surface area contributed by atoms with Crippen LogP contribution in [0.1, 0.15) is 24.1 Å². The summed E-state index contributed by atoms with van der Waals surface area (Å²) >= 11 is 0. The van der Waals surface area contributed by atoms with E-state index in [1.165, 1.54) is 9.58 Å². The van der Waals surface area contributed by atoms with E-state index in [1.807, 2.05) is 24.3 Å². The summed E-state index contributed by atoms with van der Waals surface area (Å²) in [7, 11) is -3.56. The molecule has 1 aliphatic heterocycles. The molecule has 2 aliphatic rings. The zero-order chi connectivity index (χ0) is 20.6. The Bertz CT molecular complexity index is 1070. The number of nitrogens with zero attached hydrogens (tertiary/aromatic N) is 5. The minimum Gasteiger partial charge on any atom is -0.442 e. The molecule has 0 spiro atoms. The van der Waals surface area contributed by atoms with E-state index in [9.17, 15) is 18.5 Å². The molecule has 1 atom stereocenters. The van der Waals surface area contributed by atoms with Crippen LogP contribution in [0.5, 0.6) is 0 Å². The standard InChI is InChI=1S/C18H19N5O5S/c1-29(25,26)27-11-14-8-22(21-20-14)9-16-10-23(17(24)28-16)15-4-2-13(3-5-15)18(12-19)6-7-18/h2-5,8,16H,6-7,9-11H2,1H3. The first-order valence-electron chi connectivity index (χ1n) is 9.01. The Morgan fingerprint density at radius 3 is 2.69 bits per heavy atom. The van der Waals surface area contributed by atoms with Crippen molar-refractivity contribution < 1.29 is 22.1 Å². The number of rotatable bonds is 7. The number of cyclic esters (lactones) is 1. The number of ether oxygens (including phenoxy) is 1. The average molecular weight is 417 g/mol. The van der Waals surface area contributed by atoms with Gasteiger partial charge in [-0.2, -0.15) is 13.7 Å². The van der Waals surface area contributed by atoms with E-state index in [1.54, 1.807) is 6.20 Å². The number of carbonyl (C=O) groups excluding carboxylic acids is 1. The lowest BCUT2D eigenvalue weighted by atomic mass is 9.97. The monoisotopic (exact) mass is 417 g/mol. The minimum absolute atomic E-state index is 0.202. The van der Waals surface area contributed by atoms with Gasteiger partial charge in [0.15, 0.2) is 0 Å². The Morgan fingerprint density at radius 1 is 1.34 bits per heavy atom. The lowest BCUT2D eigenvalue weighted by molar-refractivity contribution is 0.129. The van der Waals surface area contributed by atoms with E-state index >= 15 is 0 Å². The van der Waals surface area contributed by atoms with E-state index in [2.05, 4.69) is 20.6 Å². The van der Waals surface area contributed by atoms with Crippen molar-refractivity contribution in [2.24, 2.45) is 0 Å². The molecule has 29 heavy (non-hydrogen) atoms. The third-order valence-corrected chi connectivity index (χ3v) is 5.51. The molecule has 152 valence electrons. The van der Waals surface area contributed by atoms with Gasteiger partial charge in [0.25, 0.3) is 10.1 Å². The molecule has 1 aliphatic carbocycles. The van der Waals surface area contributed by atoms with Crippen LogP contribution in [-0.4, -0.2) is 48.4 Å². The normalized spacial score (nSPS) is 20.3. The van der Waals surface area contributed by atoms with Gasteiger partial charge in [0, 0.05) is 5.69 Å². The second-order valence-electron chi connectivity index (χ2n) is 7.26. The van der Waals surface area contributed by atoms with Gasteiger partial charge in [-0.3, -0.25) is 9.08 Å². The number of hydrogen-bond donors (Lipinski definition) is 0. The van der Waals surface area contributed by atoms with Crippen LogP contribution in [0.2, 0.25) is 0 Å². The molecule has 11 heteroatoms. The second-order valence-corrected chi connectivity index (χ2v) is 8.90. The predicted octanol–water partition coefficient (Wildman–Crippen LogP) is 1.33. The highest BCUT2D eigenvalue weighted by Gasteiger charge is 2.45. The Hall–Kier alpha value is -2.97. The fourth-order valence-electron chi connectivity index (χ4n) is 3.25. The number of benzene rings is 1. The van der Waals surface area contributed by atoms with E-state index in [0.29, 0.717) is 17.9 Å². The summed E-state index contributed by atoms with van der Waals surface area (Å²) in [5.41, 5.74) is 1.67. The van der Waals surface area contributed by atoms with Crippen LogP contribution in [0, 0.1) is 11.3 Å². The molecule has 1 unspecified atom stereocenters. The highest BCUT2D eigenvalue weighted by atomic mass is 32.2. The third-order valence-electron chi connectivity index (χ3n) is 4.97. The molecule has 0 radical (unpaired) electrons. The van der Waals surface area contributed by atoms with Gasteiger partial charge in [-0.1, -0.05) is 17.3 Å². The highest BCUT2D eigenvalue weighted by Crippen LogP contribution is 2.47. The quantitative estimate of drug-likeness (QED) is 0.618. The molecular formula is C18H19N5O5S. The number of anilines is 1. The van der Waals surface area contributed by atoms with Crippen LogP contribution in [0.15, 0.2) is 30.5 Å². The average Bonchev–Trinajstić information content (AvgIpc) is 3.22. The summed E-state index contributed by atoms with van der Waals surface area (Å²) < 4.78 is 33.6. The summed E-state index contributed by atoms with van der Waals surface area (Å²) in [5, 5.41) is 17.1. The SMILES string of the molecule is CS(=O)(=O)OCc1cn(CC2CN(c3ccc(C4(C#N)CC4)cc3)C(=O)O2)nn1. The third kappa shape index (κ3) is 4.23. The smallest absolute Gasteiger partial charge is 0.414 e. The van der Waals surface area contributed by atoms with Crippen molar-refractivity contribution in [1.82, 2.24) is 15.0 Å². The van der Waals surface area contributed by atoms with Gasteiger partial charge in [-0.05, 0) is 30.5 Å². The molecule has 10 nitrogen and oxygen atoms in total. The molecule has 1 amide bonds. The first kappa shape index (κ1) is 19.4. The number of carbonyl (C=O) groups is 1. The summed E-state index contributed by atoms with van der Waals surface area (Å²) in [6, 6.07) is 9.78.